The first-order valence-electron chi connectivity index (χ1n) is 7.38. The van der Waals surface area contributed by atoms with Gasteiger partial charge in [-0.1, -0.05) is 13.8 Å². The minimum Gasteiger partial charge on any atom is -0.469 e. The van der Waals surface area contributed by atoms with E-state index >= 15 is 0 Å². The summed E-state index contributed by atoms with van der Waals surface area (Å²) in [6, 6.07) is 0.580. The quantitative estimate of drug-likeness (QED) is 0.421. The maximum absolute atomic E-state index is 11.3. The van der Waals surface area contributed by atoms with Crippen LogP contribution in [0.5, 0.6) is 0 Å². The second kappa shape index (κ2) is 8.79. The number of rotatable bonds is 6. The molecule has 0 spiro atoms. The second-order valence-corrected chi connectivity index (χ2v) is 5.18. The number of likely N-dealkylation sites (tertiary alicyclic amines) is 1. The first-order chi connectivity index (χ1) is 9.62. The van der Waals surface area contributed by atoms with Crippen LogP contribution < -0.4 is 10.6 Å². The Morgan fingerprint density at radius 3 is 2.85 bits per heavy atom. The number of nitrogens with zero attached hydrogens (tertiary/aromatic N) is 2. The van der Waals surface area contributed by atoms with Crippen LogP contribution in [0, 0.1) is 5.92 Å². The molecule has 1 saturated heterocycles. The second-order valence-electron chi connectivity index (χ2n) is 5.18. The first-order valence-corrected chi connectivity index (χ1v) is 7.38. The third kappa shape index (κ3) is 5.00. The minimum absolute atomic E-state index is 0.183. The first kappa shape index (κ1) is 16.8. The molecule has 1 aliphatic rings. The summed E-state index contributed by atoms with van der Waals surface area (Å²) in [6.07, 6.45) is 2.50. The van der Waals surface area contributed by atoms with E-state index in [1.165, 1.54) is 26.5 Å². The van der Waals surface area contributed by atoms with Crippen molar-refractivity contribution in [3.8, 4) is 0 Å². The van der Waals surface area contributed by atoms with E-state index in [4.69, 9.17) is 4.74 Å². The molecule has 1 aliphatic heterocycles. The molecule has 20 heavy (non-hydrogen) atoms. The van der Waals surface area contributed by atoms with Crippen LogP contribution in [-0.2, 0) is 9.53 Å². The molecule has 1 fully saturated rings. The molecule has 116 valence electrons. The normalized spacial score (nSPS) is 21.6. The van der Waals surface area contributed by atoms with E-state index in [2.05, 4.69) is 27.4 Å². The van der Waals surface area contributed by atoms with E-state index in [1.807, 2.05) is 6.92 Å². The van der Waals surface area contributed by atoms with Gasteiger partial charge in [0.1, 0.15) is 0 Å². The molecular formula is C14H28N4O2. The minimum atomic E-state index is -0.207. The van der Waals surface area contributed by atoms with Crippen LogP contribution in [0.4, 0.5) is 0 Å². The molecule has 0 aromatic carbocycles. The molecule has 2 atom stereocenters. The lowest BCUT2D eigenvalue weighted by Crippen LogP contribution is -2.46. The molecule has 1 heterocycles. The maximum atomic E-state index is 11.3. The van der Waals surface area contributed by atoms with E-state index in [0.717, 1.165) is 19.0 Å². The van der Waals surface area contributed by atoms with Gasteiger partial charge in [0.05, 0.1) is 13.0 Å². The molecule has 0 aromatic heterocycles. The predicted octanol–water partition coefficient (Wildman–Crippen LogP) is 0.445. The van der Waals surface area contributed by atoms with Crippen molar-refractivity contribution in [1.82, 2.24) is 15.5 Å². The van der Waals surface area contributed by atoms with E-state index in [1.54, 1.807) is 7.05 Å². The number of esters is 1. The highest BCUT2D eigenvalue weighted by molar-refractivity contribution is 5.80. The highest BCUT2D eigenvalue weighted by Crippen LogP contribution is 2.15. The third-order valence-electron chi connectivity index (χ3n) is 3.81. The van der Waals surface area contributed by atoms with Crippen molar-refractivity contribution < 1.29 is 9.53 Å². The molecule has 2 unspecified atom stereocenters. The third-order valence-corrected chi connectivity index (χ3v) is 3.81. The number of ether oxygens (including phenoxy) is 1. The Morgan fingerprint density at radius 1 is 1.50 bits per heavy atom. The number of methoxy groups -OCH3 is 1. The van der Waals surface area contributed by atoms with E-state index in [-0.39, 0.29) is 11.9 Å². The van der Waals surface area contributed by atoms with Crippen LogP contribution >= 0.6 is 0 Å². The van der Waals surface area contributed by atoms with Crippen LogP contribution in [0.2, 0.25) is 0 Å². The monoisotopic (exact) mass is 284 g/mol. The molecule has 0 aromatic rings. The summed E-state index contributed by atoms with van der Waals surface area (Å²) in [5, 5.41) is 6.49. The van der Waals surface area contributed by atoms with Crippen molar-refractivity contribution in [1.29, 1.82) is 0 Å². The number of likely N-dealkylation sites (N-methyl/N-ethyl adjacent to an activating group) is 1. The fourth-order valence-corrected chi connectivity index (χ4v) is 2.51. The summed E-state index contributed by atoms with van der Waals surface area (Å²) in [7, 11) is 3.15. The molecule has 2 N–H and O–H groups in total. The summed E-state index contributed by atoms with van der Waals surface area (Å²) >= 11 is 0. The largest absolute Gasteiger partial charge is 0.469 e. The van der Waals surface area contributed by atoms with E-state index < -0.39 is 0 Å². The average molecular weight is 284 g/mol. The van der Waals surface area contributed by atoms with Crippen molar-refractivity contribution in [3.05, 3.63) is 0 Å². The lowest BCUT2D eigenvalue weighted by atomic mass is 10.2. The SMILES string of the molecule is CCN1CCCC1CNC(=NC)NCC(C)C(=O)OC. The molecule has 0 aliphatic carbocycles. The smallest absolute Gasteiger partial charge is 0.310 e. The van der Waals surface area contributed by atoms with Crippen LogP contribution in [0.15, 0.2) is 4.99 Å². The number of carbonyl (C=O) groups excluding carboxylic acids is 1. The average Bonchev–Trinajstić information content (AvgIpc) is 2.93. The molecule has 0 saturated carbocycles. The van der Waals surface area contributed by atoms with Gasteiger partial charge in [0.2, 0.25) is 0 Å². The number of nitrogens with one attached hydrogen (secondary N) is 2. The van der Waals surface area contributed by atoms with Gasteiger partial charge in [0.25, 0.3) is 0 Å². The van der Waals surface area contributed by atoms with Crippen molar-refractivity contribution in [2.24, 2.45) is 10.9 Å². The van der Waals surface area contributed by atoms with Crippen molar-refractivity contribution in [3.63, 3.8) is 0 Å². The van der Waals surface area contributed by atoms with Gasteiger partial charge < -0.3 is 15.4 Å². The number of carbonyl (C=O) groups is 1. The Kier molecular flexibility index (Phi) is 7.36. The highest BCUT2D eigenvalue weighted by Gasteiger charge is 2.22. The topological polar surface area (TPSA) is 66.0 Å². The van der Waals surface area contributed by atoms with Crippen LogP contribution in [0.1, 0.15) is 26.7 Å². The Hall–Kier alpha value is -1.30. The Balaban J connectivity index is 2.31. The fourth-order valence-electron chi connectivity index (χ4n) is 2.51. The number of aliphatic imine (C=N–C) groups is 1. The van der Waals surface area contributed by atoms with E-state index in [9.17, 15) is 4.79 Å². The van der Waals surface area contributed by atoms with Crippen LogP contribution in [-0.4, -0.2) is 63.2 Å². The number of hydrogen-bond donors (Lipinski definition) is 2. The van der Waals surface area contributed by atoms with Gasteiger partial charge in [-0.05, 0) is 25.9 Å². The molecule has 6 nitrogen and oxygen atoms in total. The fraction of sp³-hybridized carbons (Fsp3) is 0.857. The molecular weight excluding hydrogens is 256 g/mol. The van der Waals surface area contributed by atoms with E-state index in [0.29, 0.717) is 12.6 Å². The summed E-state index contributed by atoms with van der Waals surface area (Å²) in [6.45, 7) is 7.73. The van der Waals surface area contributed by atoms with Crippen molar-refractivity contribution in [2.45, 2.75) is 32.7 Å². The Morgan fingerprint density at radius 2 is 2.25 bits per heavy atom. The molecule has 6 heteroatoms. The summed E-state index contributed by atoms with van der Waals surface area (Å²) in [5.41, 5.74) is 0. The van der Waals surface area contributed by atoms with Gasteiger partial charge in [-0.3, -0.25) is 14.7 Å². The molecule has 0 radical (unpaired) electrons. The zero-order valence-corrected chi connectivity index (χ0v) is 13.1. The van der Waals surface area contributed by atoms with Gasteiger partial charge in [-0.15, -0.1) is 0 Å². The Bertz CT molecular complexity index is 333. The highest BCUT2D eigenvalue weighted by atomic mass is 16.5. The van der Waals surface area contributed by atoms with Crippen LogP contribution in [0.3, 0.4) is 0 Å². The maximum Gasteiger partial charge on any atom is 0.310 e. The van der Waals surface area contributed by atoms with Crippen LogP contribution in [0.25, 0.3) is 0 Å². The van der Waals surface area contributed by atoms with Gasteiger partial charge in [0.15, 0.2) is 5.96 Å². The number of hydrogen-bond acceptors (Lipinski definition) is 4. The predicted molar refractivity (Wildman–Crippen MR) is 80.8 cm³/mol. The van der Waals surface area contributed by atoms with Gasteiger partial charge >= 0.3 is 5.97 Å². The number of guanidine groups is 1. The standard InChI is InChI=1S/C14H28N4O2/c1-5-18-8-6-7-12(18)10-17-14(15-3)16-9-11(2)13(19)20-4/h11-12H,5-10H2,1-4H3,(H2,15,16,17). The zero-order valence-electron chi connectivity index (χ0n) is 13.1. The van der Waals surface area contributed by atoms with Gasteiger partial charge in [-0.2, -0.15) is 0 Å². The van der Waals surface area contributed by atoms with Gasteiger partial charge in [0, 0.05) is 26.2 Å². The molecule has 1 rings (SSSR count). The summed E-state index contributed by atoms with van der Waals surface area (Å²) in [5.74, 6) is 0.349. The molecule has 0 bridgehead atoms. The summed E-state index contributed by atoms with van der Waals surface area (Å²) in [4.78, 5) is 18.0. The summed E-state index contributed by atoms with van der Waals surface area (Å²) < 4.78 is 4.70. The lowest BCUT2D eigenvalue weighted by Gasteiger charge is -2.24. The zero-order chi connectivity index (χ0) is 15.0. The van der Waals surface area contributed by atoms with Gasteiger partial charge in [-0.25, -0.2) is 0 Å². The Labute approximate surface area is 122 Å². The lowest BCUT2D eigenvalue weighted by molar-refractivity contribution is -0.144. The van der Waals surface area contributed by atoms with Crippen molar-refractivity contribution >= 4 is 11.9 Å². The van der Waals surface area contributed by atoms with Crippen molar-refractivity contribution in [2.75, 3.05) is 40.3 Å². The molecule has 0 amide bonds.